The maximum Gasteiger partial charge on any atom is 0.330 e. The zero-order valence-corrected chi connectivity index (χ0v) is 22.9. The van der Waals surface area contributed by atoms with Crippen molar-refractivity contribution >= 4 is 11.5 Å². The first kappa shape index (κ1) is 29.9. The molecule has 2 N–H and O–H groups in total. The van der Waals surface area contributed by atoms with Crippen LogP contribution in [0, 0.1) is 0 Å². The van der Waals surface area contributed by atoms with Crippen molar-refractivity contribution in [2.45, 2.75) is 38.5 Å². The number of aliphatic hydroxyl groups is 2. The van der Waals surface area contributed by atoms with Crippen LogP contribution in [0.1, 0.15) is 25.0 Å². The molecular weight excluding hydrogens is 494 g/mol. The van der Waals surface area contributed by atoms with Crippen LogP contribution < -0.4 is 9.47 Å². The average Bonchev–Trinajstić information content (AvgIpc) is 2.96. The van der Waals surface area contributed by atoms with Crippen molar-refractivity contribution in [3.63, 3.8) is 0 Å². The predicted molar refractivity (Wildman–Crippen MR) is 153 cm³/mol. The first-order valence-corrected chi connectivity index (χ1v) is 13.2. The lowest BCUT2D eigenvalue weighted by molar-refractivity contribution is -0.134. The van der Waals surface area contributed by atoms with E-state index in [2.05, 4.69) is 11.8 Å². The zero-order chi connectivity index (χ0) is 28.0. The molecule has 3 aromatic carbocycles. The summed E-state index contributed by atoms with van der Waals surface area (Å²) in [6.45, 7) is 4.89. The van der Waals surface area contributed by atoms with Crippen LogP contribution in [0.15, 0.2) is 91.0 Å². The molecule has 39 heavy (non-hydrogen) atoms. The molecule has 0 spiro atoms. The number of methoxy groups -OCH3 is 1. The molecule has 0 heterocycles. The third-order valence-electron chi connectivity index (χ3n) is 6.36. The molecule has 3 atom stereocenters. The number of esters is 1. The van der Waals surface area contributed by atoms with Gasteiger partial charge in [-0.25, -0.2) is 4.79 Å². The molecule has 7 heteroatoms. The minimum Gasteiger partial charge on any atom is -0.491 e. The van der Waals surface area contributed by atoms with Gasteiger partial charge in [0.1, 0.15) is 36.9 Å². The maximum atomic E-state index is 11.6. The number of nitrogens with zero attached hydrogens (tertiary/aromatic N) is 1. The van der Waals surface area contributed by atoms with Gasteiger partial charge < -0.3 is 24.4 Å². The molecule has 0 aliphatic heterocycles. The Balaban J connectivity index is 1.63. The number of allylic oxidation sites excluding steroid dienone is 1. The number of para-hydroxylation sites is 2. The molecule has 7 nitrogen and oxygen atoms in total. The van der Waals surface area contributed by atoms with Gasteiger partial charge in [0.15, 0.2) is 0 Å². The zero-order valence-electron chi connectivity index (χ0n) is 22.9. The normalized spacial score (nSPS) is 13.9. The van der Waals surface area contributed by atoms with E-state index in [4.69, 9.17) is 14.2 Å². The van der Waals surface area contributed by atoms with E-state index in [1.54, 1.807) is 0 Å². The Hall–Kier alpha value is -3.65. The maximum absolute atomic E-state index is 11.6. The molecule has 0 bridgehead atoms. The van der Waals surface area contributed by atoms with Crippen molar-refractivity contribution in [2.24, 2.45) is 0 Å². The summed E-state index contributed by atoms with van der Waals surface area (Å²) < 4.78 is 16.2. The van der Waals surface area contributed by atoms with Gasteiger partial charge in [0, 0.05) is 25.2 Å². The first-order valence-electron chi connectivity index (χ1n) is 13.2. The van der Waals surface area contributed by atoms with E-state index in [1.165, 1.54) is 13.2 Å². The van der Waals surface area contributed by atoms with Crippen LogP contribution in [-0.4, -0.2) is 72.7 Å². The van der Waals surface area contributed by atoms with Gasteiger partial charge in [-0.1, -0.05) is 60.7 Å². The lowest BCUT2D eigenvalue weighted by atomic mass is 10.0. The van der Waals surface area contributed by atoms with Gasteiger partial charge in [0.2, 0.25) is 0 Å². The van der Waals surface area contributed by atoms with Gasteiger partial charge in [-0.3, -0.25) is 4.90 Å². The second kappa shape index (κ2) is 15.7. The fraction of sp³-hybridized carbons (Fsp3) is 0.344. The number of rotatable bonds is 15. The number of ether oxygens (including phenoxy) is 3. The molecule has 0 saturated carbocycles. The second-order valence-electron chi connectivity index (χ2n) is 9.61. The largest absolute Gasteiger partial charge is 0.491 e. The fourth-order valence-corrected chi connectivity index (χ4v) is 4.19. The summed E-state index contributed by atoms with van der Waals surface area (Å²) in [5.41, 5.74) is 2.87. The number of benzene rings is 3. The average molecular weight is 534 g/mol. The van der Waals surface area contributed by atoms with Crippen molar-refractivity contribution in [3.05, 3.63) is 102 Å². The Morgan fingerprint density at radius 3 is 1.77 bits per heavy atom. The van der Waals surface area contributed by atoms with Crippen molar-refractivity contribution in [1.82, 2.24) is 4.90 Å². The van der Waals surface area contributed by atoms with Gasteiger partial charge in [0.25, 0.3) is 0 Å². The summed E-state index contributed by atoms with van der Waals surface area (Å²) in [7, 11) is 1.36. The standard InChI is InChI=1S/C32H39NO6/c1-24(18-32(36)37-3)27-16-14-26(15-17-27)19-25(2)33(20-28(34)22-38-30-10-6-4-7-11-30)21-29(35)23-39-31-12-8-5-9-13-31/h4-18,25,28-29,34-35H,19-23H2,1-3H3/b24-18+/t25-,28?,29?/m1/s1. The Morgan fingerprint density at radius 2 is 1.31 bits per heavy atom. The highest BCUT2D eigenvalue weighted by Crippen LogP contribution is 2.18. The van der Waals surface area contributed by atoms with Crippen LogP contribution in [0.25, 0.3) is 5.57 Å². The molecule has 2 unspecified atom stereocenters. The highest BCUT2D eigenvalue weighted by atomic mass is 16.5. The third kappa shape index (κ3) is 10.6. The van der Waals surface area contributed by atoms with E-state index in [-0.39, 0.29) is 25.2 Å². The van der Waals surface area contributed by atoms with Crippen LogP contribution in [0.2, 0.25) is 0 Å². The smallest absolute Gasteiger partial charge is 0.330 e. The van der Waals surface area contributed by atoms with E-state index in [9.17, 15) is 15.0 Å². The number of hydrogen-bond donors (Lipinski definition) is 2. The van der Waals surface area contributed by atoms with Gasteiger partial charge in [-0.15, -0.1) is 0 Å². The van der Waals surface area contributed by atoms with Crippen LogP contribution in [0.4, 0.5) is 0 Å². The monoisotopic (exact) mass is 533 g/mol. The molecular formula is C32H39NO6. The van der Waals surface area contributed by atoms with Crippen LogP contribution in [0.3, 0.4) is 0 Å². The summed E-state index contributed by atoms with van der Waals surface area (Å²) in [5.74, 6) is 1.01. The Morgan fingerprint density at radius 1 is 0.821 bits per heavy atom. The number of hydrogen-bond acceptors (Lipinski definition) is 7. The van der Waals surface area contributed by atoms with Gasteiger partial charge in [-0.05, 0) is 61.2 Å². The Kier molecular flexibility index (Phi) is 12.0. The third-order valence-corrected chi connectivity index (χ3v) is 6.36. The highest BCUT2D eigenvalue weighted by molar-refractivity contribution is 5.90. The molecule has 3 rings (SSSR count). The quantitative estimate of drug-likeness (QED) is 0.221. The molecule has 0 fully saturated rings. The number of carbonyl (C=O) groups is 1. The molecule has 0 saturated heterocycles. The molecule has 0 aliphatic rings. The van der Waals surface area contributed by atoms with Crippen molar-refractivity contribution in [3.8, 4) is 11.5 Å². The fourth-order valence-electron chi connectivity index (χ4n) is 4.19. The summed E-state index contributed by atoms with van der Waals surface area (Å²) >= 11 is 0. The van der Waals surface area contributed by atoms with Crippen LogP contribution in [0.5, 0.6) is 11.5 Å². The molecule has 3 aromatic rings. The molecule has 0 aliphatic carbocycles. The first-order chi connectivity index (χ1) is 18.8. The van der Waals surface area contributed by atoms with Crippen LogP contribution >= 0.6 is 0 Å². The van der Waals surface area contributed by atoms with Crippen molar-refractivity contribution < 1.29 is 29.2 Å². The van der Waals surface area contributed by atoms with Crippen molar-refractivity contribution in [2.75, 3.05) is 33.4 Å². The molecule has 208 valence electrons. The molecule has 0 radical (unpaired) electrons. The van der Waals surface area contributed by atoms with E-state index in [1.807, 2.05) is 91.9 Å². The van der Waals surface area contributed by atoms with E-state index in [0.29, 0.717) is 31.0 Å². The topological polar surface area (TPSA) is 88.5 Å². The Bertz CT molecular complexity index is 1100. The van der Waals surface area contributed by atoms with Gasteiger partial charge >= 0.3 is 5.97 Å². The summed E-state index contributed by atoms with van der Waals surface area (Å²) in [6, 6.07) is 26.8. The van der Waals surface area contributed by atoms with Gasteiger partial charge in [0.05, 0.1) is 7.11 Å². The summed E-state index contributed by atoms with van der Waals surface area (Å²) in [5, 5.41) is 21.6. The SMILES string of the molecule is COC(=O)/C=C(\C)c1ccc(C[C@@H](C)N(CC(O)COc2ccccc2)CC(O)COc2ccccc2)cc1. The summed E-state index contributed by atoms with van der Waals surface area (Å²) in [6.07, 6.45) is 0.683. The molecule has 0 aromatic heterocycles. The number of aliphatic hydroxyl groups excluding tert-OH is 2. The lowest BCUT2D eigenvalue weighted by Gasteiger charge is -2.32. The minimum absolute atomic E-state index is 0.0142. The molecule has 0 amide bonds. The van der Waals surface area contributed by atoms with E-state index >= 15 is 0 Å². The summed E-state index contributed by atoms with van der Waals surface area (Å²) in [4.78, 5) is 13.6. The number of carbonyl (C=O) groups excluding carboxylic acids is 1. The lowest BCUT2D eigenvalue weighted by Crippen LogP contribution is -2.46. The van der Waals surface area contributed by atoms with E-state index in [0.717, 1.165) is 16.7 Å². The van der Waals surface area contributed by atoms with Gasteiger partial charge in [-0.2, -0.15) is 0 Å². The van der Waals surface area contributed by atoms with Crippen molar-refractivity contribution in [1.29, 1.82) is 0 Å². The second-order valence-corrected chi connectivity index (χ2v) is 9.61. The van der Waals surface area contributed by atoms with E-state index < -0.39 is 12.2 Å². The minimum atomic E-state index is -0.747. The Labute approximate surface area is 231 Å². The predicted octanol–water partition coefficient (Wildman–Crippen LogP) is 4.38. The van der Waals surface area contributed by atoms with Crippen LogP contribution in [-0.2, 0) is 16.0 Å². The highest BCUT2D eigenvalue weighted by Gasteiger charge is 2.22.